The second-order valence-electron chi connectivity index (χ2n) is 4.90. The first-order valence-corrected chi connectivity index (χ1v) is 5.90. The van der Waals surface area contributed by atoms with Gasteiger partial charge in [0.25, 0.3) is 0 Å². The Bertz CT molecular complexity index is 236. The summed E-state index contributed by atoms with van der Waals surface area (Å²) in [4.78, 5) is 4.69. The highest BCUT2D eigenvalue weighted by atomic mass is 16.4. The van der Waals surface area contributed by atoms with Gasteiger partial charge in [-0.25, -0.2) is 0 Å². The van der Waals surface area contributed by atoms with Gasteiger partial charge in [-0.05, 0) is 40.0 Å². The molecule has 94 valence electrons. The summed E-state index contributed by atoms with van der Waals surface area (Å²) in [7, 11) is 4.28. The molecule has 0 radical (unpaired) electrons. The molecule has 1 saturated heterocycles. The standard InChI is InChI=1S/C11H24N4O/c1-9(11(12)13-16)8-15(3)10-4-6-14(2)7-5-10/h9-10,16H,4-8H2,1-3H3,(H2,12,13). The van der Waals surface area contributed by atoms with E-state index in [2.05, 4.69) is 29.1 Å². The lowest BCUT2D eigenvalue weighted by Crippen LogP contribution is -2.44. The number of rotatable bonds is 4. The van der Waals surface area contributed by atoms with Crippen molar-refractivity contribution in [2.24, 2.45) is 16.8 Å². The Kier molecular flexibility index (Phi) is 5.02. The number of oxime groups is 1. The van der Waals surface area contributed by atoms with Gasteiger partial charge in [0.15, 0.2) is 0 Å². The number of piperidine rings is 1. The van der Waals surface area contributed by atoms with E-state index in [0.29, 0.717) is 11.9 Å². The lowest BCUT2D eigenvalue weighted by Gasteiger charge is -2.36. The SMILES string of the molecule is CC(CN(C)C1CCN(C)CC1)/C(N)=N/O. The highest BCUT2D eigenvalue weighted by Gasteiger charge is 2.22. The van der Waals surface area contributed by atoms with E-state index in [9.17, 15) is 0 Å². The largest absolute Gasteiger partial charge is 0.409 e. The zero-order valence-electron chi connectivity index (χ0n) is 10.6. The lowest BCUT2D eigenvalue weighted by molar-refractivity contribution is 0.138. The van der Waals surface area contributed by atoms with Crippen LogP contribution in [0.1, 0.15) is 19.8 Å². The minimum absolute atomic E-state index is 0.106. The van der Waals surface area contributed by atoms with Crippen molar-refractivity contribution in [2.75, 3.05) is 33.7 Å². The summed E-state index contributed by atoms with van der Waals surface area (Å²) >= 11 is 0. The Morgan fingerprint density at radius 1 is 1.56 bits per heavy atom. The maximum Gasteiger partial charge on any atom is 0.143 e. The van der Waals surface area contributed by atoms with Gasteiger partial charge in [-0.2, -0.15) is 0 Å². The summed E-state index contributed by atoms with van der Waals surface area (Å²) in [6, 6.07) is 0.630. The predicted octanol–water partition coefficient (Wildman–Crippen LogP) is 0.395. The maximum absolute atomic E-state index is 8.60. The Morgan fingerprint density at radius 3 is 2.62 bits per heavy atom. The van der Waals surface area contributed by atoms with E-state index in [-0.39, 0.29) is 5.92 Å². The Hall–Kier alpha value is -0.810. The third-order valence-corrected chi connectivity index (χ3v) is 3.49. The van der Waals surface area contributed by atoms with Crippen molar-refractivity contribution >= 4 is 5.84 Å². The molecule has 0 aromatic heterocycles. The topological polar surface area (TPSA) is 65.1 Å². The molecule has 16 heavy (non-hydrogen) atoms. The molecular formula is C11H24N4O. The fourth-order valence-electron chi connectivity index (χ4n) is 2.21. The zero-order chi connectivity index (χ0) is 12.1. The molecule has 1 unspecified atom stereocenters. The molecule has 1 rings (SSSR count). The van der Waals surface area contributed by atoms with Crippen LogP contribution >= 0.6 is 0 Å². The molecular weight excluding hydrogens is 204 g/mol. The number of hydrogen-bond donors (Lipinski definition) is 2. The molecule has 3 N–H and O–H groups in total. The summed E-state index contributed by atoms with van der Waals surface area (Å²) in [5, 5.41) is 11.7. The van der Waals surface area contributed by atoms with Crippen LogP contribution in [0, 0.1) is 5.92 Å². The molecule has 0 aromatic carbocycles. The van der Waals surface area contributed by atoms with Gasteiger partial charge in [-0.1, -0.05) is 12.1 Å². The van der Waals surface area contributed by atoms with E-state index in [0.717, 1.165) is 19.6 Å². The Morgan fingerprint density at radius 2 is 2.12 bits per heavy atom. The lowest BCUT2D eigenvalue weighted by atomic mass is 10.0. The van der Waals surface area contributed by atoms with Gasteiger partial charge in [0, 0.05) is 18.5 Å². The van der Waals surface area contributed by atoms with Gasteiger partial charge in [0.2, 0.25) is 0 Å². The van der Waals surface area contributed by atoms with Crippen LogP contribution in [0.3, 0.4) is 0 Å². The van der Waals surface area contributed by atoms with Gasteiger partial charge in [-0.3, -0.25) is 0 Å². The van der Waals surface area contributed by atoms with Gasteiger partial charge in [-0.15, -0.1) is 0 Å². The maximum atomic E-state index is 8.60. The van der Waals surface area contributed by atoms with E-state index in [1.54, 1.807) is 0 Å². The summed E-state index contributed by atoms with van der Waals surface area (Å²) in [5.74, 6) is 0.425. The molecule has 0 amide bonds. The van der Waals surface area contributed by atoms with Crippen LogP contribution in [0.15, 0.2) is 5.16 Å². The molecule has 0 bridgehead atoms. The van der Waals surface area contributed by atoms with Crippen molar-refractivity contribution in [3.8, 4) is 0 Å². The molecule has 0 saturated carbocycles. The molecule has 0 aliphatic carbocycles. The molecule has 1 aliphatic rings. The van der Waals surface area contributed by atoms with Crippen molar-refractivity contribution in [1.82, 2.24) is 9.80 Å². The molecule has 5 nitrogen and oxygen atoms in total. The number of hydrogen-bond acceptors (Lipinski definition) is 4. The average molecular weight is 228 g/mol. The molecule has 1 aliphatic heterocycles. The first-order valence-electron chi connectivity index (χ1n) is 5.90. The van der Waals surface area contributed by atoms with Crippen molar-refractivity contribution < 1.29 is 5.21 Å². The summed E-state index contributed by atoms with van der Waals surface area (Å²) < 4.78 is 0. The van der Waals surface area contributed by atoms with Crippen LogP contribution in [0.4, 0.5) is 0 Å². The molecule has 0 spiro atoms. The number of nitrogens with zero attached hydrogens (tertiary/aromatic N) is 3. The zero-order valence-corrected chi connectivity index (χ0v) is 10.6. The Labute approximate surface area is 97.9 Å². The second-order valence-corrected chi connectivity index (χ2v) is 4.90. The van der Waals surface area contributed by atoms with Gasteiger partial charge >= 0.3 is 0 Å². The third-order valence-electron chi connectivity index (χ3n) is 3.49. The average Bonchev–Trinajstić information content (AvgIpc) is 2.28. The minimum atomic E-state index is 0.106. The van der Waals surface area contributed by atoms with Crippen molar-refractivity contribution in [3.05, 3.63) is 0 Å². The normalized spacial score (nSPS) is 22.6. The van der Waals surface area contributed by atoms with E-state index >= 15 is 0 Å². The number of nitrogens with two attached hydrogens (primary N) is 1. The van der Waals surface area contributed by atoms with E-state index in [4.69, 9.17) is 10.9 Å². The van der Waals surface area contributed by atoms with E-state index in [1.165, 1.54) is 12.8 Å². The molecule has 0 aromatic rings. The third kappa shape index (κ3) is 3.64. The smallest absolute Gasteiger partial charge is 0.143 e. The monoisotopic (exact) mass is 228 g/mol. The predicted molar refractivity (Wildman–Crippen MR) is 65.7 cm³/mol. The van der Waals surface area contributed by atoms with Crippen LogP contribution in [0.25, 0.3) is 0 Å². The van der Waals surface area contributed by atoms with E-state index < -0.39 is 0 Å². The van der Waals surface area contributed by atoms with Gasteiger partial charge in [0.1, 0.15) is 5.84 Å². The fourth-order valence-corrected chi connectivity index (χ4v) is 2.21. The van der Waals surface area contributed by atoms with Crippen LogP contribution in [0.2, 0.25) is 0 Å². The van der Waals surface area contributed by atoms with Crippen molar-refractivity contribution in [1.29, 1.82) is 0 Å². The van der Waals surface area contributed by atoms with E-state index in [1.807, 2.05) is 6.92 Å². The van der Waals surface area contributed by atoms with Crippen LogP contribution in [0.5, 0.6) is 0 Å². The van der Waals surface area contributed by atoms with Crippen LogP contribution in [-0.4, -0.2) is 60.6 Å². The fraction of sp³-hybridized carbons (Fsp3) is 0.909. The van der Waals surface area contributed by atoms with Crippen LogP contribution in [-0.2, 0) is 0 Å². The molecule has 1 atom stereocenters. The quantitative estimate of drug-likeness (QED) is 0.316. The minimum Gasteiger partial charge on any atom is -0.409 e. The Balaban J connectivity index is 2.37. The summed E-state index contributed by atoms with van der Waals surface area (Å²) in [6.07, 6.45) is 2.41. The number of likely N-dealkylation sites (tertiary alicyclic amines) is 1. The van der Waals surface area contributed by atoms with Crippen LogP contribution < -0.4 is 5.73 Å². The molecule has 5 heteroatoms. The van der Waals surface area contributed by atoms with Crippen molar-refractivity contribution in [3.63, 3.8) is 0 Å². The first-order chi connectivity index (χ1) is 7.54. The highest BCUT2D eigenvalue weighted by molar-refractivity contribution is 5.82. The molecule has 1 heterocycles. The highest BCUT2D eigenvalue weighted by Crippen LogP contribution is 2.15. The first kappa shape index (κ1) is 13.3. The van der Waals surface area contributed by atoms with Crippen molar-refractivity contribution in [2.45, 2.75) is 25.8 Å². The number of amidine groups is 1. The summed E-state index contributed by atoms with van der Waals surface area (Å²) in [6.45, 7) is 5.16. The van der Waals surface area contributed by atoms with Gasteiger partial charge < -0.3 is 20.7 Å². The summed E-state index contributed by atoms with van der Waals surface area (Å²) in [5.41, 5.74) is 5.58. The molecule has 1 fully saturated rings. The second kappa shape index (κ2) is 6.06. The van der Waals surface area contributed by atoms with Gasteiger partial charge in [0.05, 0.1) is 0 Å².